The van der Waals surface area contributed by atoms with Gasteiger partial charge in [0.25, 0.3) is 0 Å². The highest BCUT2D eigenvalue weighted by Gasteiger charge is 2.29. The summed E-state index contributed by atoms with van der Waals surface area (Å²) in [6, 6.07) is 9.08. The van der Waals surface area contributed by atoms with Gasteiger partial charge in [-0.2, -0.15) is 0 Å². The van der Waals surface area contributed by atoms with Crippen molar-refractivity contribution in [2.24, 2.45) is 0 Å². The second kappa shape index (κ2) is 4.79. The molecule has 1 atom stereocenters. The van der Waals surface area contributed by atoms with E-state index in [9.17, 15) is 9.59 Å². The molecule has 0 spiro atoms. The van der Waals surface area contributed by atoms with Gasteiger partial charge in [0, 0.05) is 6.42 Å². The first kappa shape index (κ1) is 10.7. The van der Waals surface area contributed by atoms with Crippen LogP contribution in [0.15, 0.2) is 30.3 Å². The van der Waals surface area contributed by atoms with E-state index in [1.807, 2.05) is 30.3 Å². The average molecular weight is 219 g/mol. The fraction of sp³-hybridized carbons (Fsp3) is 0.333. The van der Waals surface area contributed by atoms with Crippen molar-refractivity contribution in [2.45, 2.75) is 25.5 Å². The highest BCUT2D eigenvalue weighted by molar-refractivity contribution is 5.92. The van der Waals surface area contributed by atoms with E-state index in [2.05, 4.69) is 5.32 Å². The van der Waals surface area contributed by atoms with Crippen molar-refractivity contribution in [3.05, 3.63) is 35.9 Å². The molecule has 0 heterocycles. The van der Waals surface area contributed by atoms with Crippen molar-refractivity contribution in [3.63, 3.8) is 0 Å². The molecule has 4 heteroatoms. The van der Waals surface area contributed by atoms with Crippen LogP contribution in [0.5, 0.6) is 0 Å². The lowest BCUT2D eigenvalue weighted by atomic mass is 9.91. The number of rotatable bonds is 3. The lowest BCUT2D eigenvalue weighted by Crippen LogP contribution is -2.47. The van der Waals surface area contributed by atoms with Crippen molar-refractivity contribution in [3.8, 4) is 0 Å². The Morgan fingerprint density at radius 2 is 2.12 bits per heavy atom. The van der Waals surface area contributed by atoms with Crippen LogP contribution in [0.4, 0.5) is 4.79 Å². The number of benzene rings is 1. The fourth-order valence-corrected chi connectivity index (χ4v) is 1.47. The molecule has 1 N–H and O–H groups in total. The van der Waals surface area contributed by atoms with Gasteiger partial charge in [-0.3, -0.25) is 4.79 Å². The molecule has 1 unspecified atom stereocenters. The van der Waals surface area contributed by atoms with E-state index in [1.165, 1.54) is 0 Å². The zero-order valence-corrected chi connectivity index (χ0v) is 8.81. The minimum Gasteiger partial charge on any atom is -0.445 e. The third-order valence-corrected chi connectivity index (χ3v) is 2.57. The van der Waals surface area contributed by atoms with Crippen molar-refractivity contribution in [1.29, 1.82) is 0 Å². The molecule has 1 saturated carbocycles. The third-order valence-electron chi connectivity index (χ3n) is 2.57. The highest BCUT2D eigenvalue weighted by atomic mass is 16.5. The summed E-state index contributed by atoms with van der Waals surface area (Å²) in [7, 11) is 0. The zero-order chi connectivity index (χ0) is 11.4. The molecule has 0 aliphatic heterocycles. The molecular formula is C12H13NO3. The van der Waals surface area contributed by atoms with Crippen LogP contribution in [-0.2, 0) is 16.1 Å². The minimum absolute atomic E-state index is 0.0802. The Morgan fingerprint density at radius 1 is 1.38 bits per heavy atom. The van der Waals surface area contributed by atoms with Crippen molar-refractivity contribution in [2.75, 3.05) is 0 Å². The number of alkyl carbamates (subject to hydrolysis) is 1. The second-order valence-corrected chi connectivity index (χ2v) is 3.76. The van der Waals surface area contributed by atoms with Crippen LogP contribution in [0.1, 0.15) is 18.4 Å². The molecule has 1 aliphatic carbocycles. The summed E-state index contributed by atoms with van der Waals surface area (Å²) < 4.78 is 4.98. The number of hydrogen-bond acceptors (Lipinski definition) is 3. The van der Waals surface area contributed by atoms with Crippen LogP contribution in [0, 0.1) is 0 Å². The quantitative estimate of drug-likeness (QED) is 0.840. The van der Waals surface area contributed by atoms with E-state index in [0.29, 0.717) is 6.42 Å². The summed E-state index contributed by atoms with van der Waals surface area (Å²) >= 11 is 0. The molecule has 0 radical (unpaired) electrons. The number of hydrogen-bond donors (Lipinski definition) is 1. The Morgan fingerprint density at radius 3 is 2.69 bits per heavy atom. The highest BCUT2D eigenvalue weighted by Crippen LogP contribution is 2.13. The fourth-order valence-electron chi connectivity index (χ4n) is 1.47. The molecule has 84 valence electrons. The van der Waals surface area contributed by atoms with Gasteiger partial charge in [-0.05, 0) is 12.0 Å². The minimum atomic E-state index is -0.526. The predicted octanol–water partition coefficient (Wildman–Crippen LogP) is 1.64. The summed E-state index contributed by atoms with van der Waals surface area (Å²) in [6.07, 6.45) is 0.755. The second-order valence-electron chi connectivity index (χ2n) is 3.76. The maximum absolute atomic E-state index is 11.3. The topological polar surface area (TPSA) is 55.4 Å². The number of ketones is 1. The first-order valence-electron chi connectivity index (χ1n) is 5.25. The molecule has 4 nitrogen and oxygen atoms in total. The number of nitrogens with one attached hydrogen (secondary N) is 1. The van der Waals surface area contributed by atoms with Gasteiger partial charge in [0.2, 0.25) is 0 Å². The van der Waals surface area contributed by atoms with E-state index in [4.69, 9.17) is 4.74 Å². The molecule has 1 aliphatic rings. The van der Waals surface area contributed by atoms with Gasteiger partial charge < -0.3 is 10.1 Å². The monoisotopic (exact) mass is 219 g/mol. The van der Waals surface area contributed by atoms with Crippen molar-refractivity contribution in [1.82, 2.24) is 5.32 Å². The lowest BCUT2D eigenvalue weighted by molar-refractivity contribution is -0.126. The number of carbonyl (C=O) groups excluding carboxylic acids is 2. The van der Waals surface area contributed by atoms with Crippen molar-refractivity contribution >= 4 is 11.9 Å². The average Bonchev–Trinajstić information content (AvgIpc) is 2.33. The van der Waals surface area contributed by atoms with Crippen molar-refractivity contribution < 1.29 is 14.3 Å². The summed E-state index contributed by atoms with van der Waals surface area (Å²) in [5.41, 5.74) is 0.928. The molecule has 1 amide bonds. The molecule has 1 aromatic rings. The number of ether oxygens (including phenoxy) is 1. The standard InChI is InChI=1S/C12H13NO3/c14-11-7-6-10(11)13-12(15)16-8-9-4-2-1-3-5-9/h1-5,10H,6-8H2,(H,13,15). The SMILES string of the molecule is O=C(NC1CCC1=O)OCc1ccccc1. The number of Topliss-reactive ketones (excluding diaryl/α,β-unsaturated/α-hetero) is 1. The molecule has 0 bridgehead atoms. The Balaban J connectivity index is 1.74. The van der Waals surface area contributed by atoms with Crippen LogP contribution in [0.25, 0.3) is 0 Å². The zero-order valence-electron chi connectivity index (χ0n) is 8.81. The third kappa shape index (κ3) is 2.59. The van der Waals surface area contributed by atoms with Crippen LogP contribution >= 0.6 is 0 Å². The predicted molar refractivity (Wildman–Crippen MR) is 57.8 cm³/mol. The molecule has 1 fully saturated rings. The summed E-state index contributed by atoms with van der Waals surface area (Å²) in [6.45, 7) is 0.230. The van der Waals surface area contributed by atoms with Gasteiger partial charge >= 0.3 is 6.09 Å². The van der Waals surface area contributed by atoms with E-state index in [1.54, 1.807) is 0 Å². The Bertz CT molecular complexity index is 389. The number of amides is 1. The Kier molecular flexibility index (Phi) is 3.19. The molecular weight excluding hydrogens is 206 g/mol. The Labute approximate surface area is 93.6 Å². The van der Waals surface area contributed by atoms with Gasteiger partial charge in [-0.1, -0.05) is 30.3 Å². The van der Waals surface area contributed by atoms with Gasteiger partial charge in [0.1, 0.15) is 6.61 Å². The lowest BCUT2D eigenvalue weighted by Gasteiger charge is -2.24. The van der Waals surface area contributed by atoms with Crippen LogP contribution in [0.2, 0.25) is 0 Å². The van der Waals surface area contributed by atoms with Gasteiger partial charge in [-0.25, -0.2) is 4.79 Å². The molecule has 16 heavy (non-hydrogen) atoms. The first-order valence-corrected chi connectivity index (χ1v) is 5.25. The van der Waals surface area contributed by atoms with Crippen LogP contribution < -0.4 is 5.32 Å². The first-order chi connectivity index (χ1) is 7.75. The van der Waals surface area contributed by atoms with E-state index < -0.39 is 6.09 Å². The molecule has 2 rings (SSSR count). The van der Waals surface area contributed by atoms with Gasteiger partial charge in [-0.15, -0.1) is 0 Å². The van der Waals surface area contributed by atoms with Crippen LogP contribution in [0.3, 0.4) is 0 Å². The maximum Gasteiger partial charge on any atom is 0.408 e. The summed E-state index contributed by atoms with van der Waals surface area (Å²) in [5, 5.41) is 2.53. The van der Waals surface area contributed by atoms with E-state index in [0.717, 1.165) is 12.0 Å². The molecule has 1 aromatic carbocycles. The summed E-state index contributed by atoms with van der Waals surface area (Å²) in [5.74, 6) is 0.0802. The largest absolute Gasteiger partial charge is 0.445 e. The maximum atomic E-state index is 11.3. The van der Waals surface area contributed by atoms with Gasteiger partial charge in [0.15, 0.2) is 5.78 Å². The Hall–Kier alpha value is -1.84. The smallest absolute Gasteiger partial charge is 0.408 e. The van der Waals surface area contributed by atoms with Crippen LogP contribution in [-0.4, -0.2) is 17.9 Å². The van der Waals surface area contributed by atoms with E-state index >= 15 is 0 Å². The number of carbonyl (C=O) groups is 2. The molecule has 0 aromatic heterocycles. The van der Waals surface area contributed by atoms with Gasteiger partial charge in [0.05, 0.1) is 6.04 Å². The molecule has 0 saturated heterocycles. The van der Waals surface area contributed by atoms with E-state index in [-0.39, 0.29) is 18.4 Å². The summed E-state index contributed by atoms with van der Waals surface area (Å²) in [4.78, 5) is 22.2. The normalized spacial score (nSPS) is 18.8.